The van der Waals surface area contributed by atoms with Gasteiger partial charge in [-0.2, -0.15) is 0 Å². The van der Waals surface area contributed by atoms with Crippen molar-refractivity contribution < 1.29 is 14.3 Å². The van der Waals surface area contributed by atoms with E-state index < -0.39 is 6.04 Å². The Morgan fingerprint density at radius 3 is 2.48 bits per heavy atom. The van der Waals surface area contributed by atoms with Crippen LogP contribution in [0, 0.1) is 19.8 Å². The van der Waals surface area contributed by atoms with Crippen LogP contribution in [0.15, 0.2) is 36.4 Å². The monoisotopic (exact) mass is 394 g/mol. The van der Waals surface area contributed by atoms with Crippen molar-refractivity contribution in [1.29, 1.82) is 0 Å². The van der Waals surface area contributed by atoms with Gasteiger partial charge < -0.3 is 15.0 Å². The lowest BCUT2D eigenvalue weighted by Gasteiger charge is -2.20. The summed E-state index contributed by atoms with van der Waals surface area (Å²) < 4.78 is 5.78. The standard InChI is InChI=1S/C24H30N2O3/c1-15(2)10-11-29-20-8-6-19(7-9-20)14-26-23-17(4)12-16(3)13-21(23)22(24(26)28)25-18(5)27/h6-9,12-13,15,22H,10-11,14H2,1-5H3,(H,25,27). The first-order chi connectivity index (χ1) is 13.8. The van der Waals surface area contributed by atoms with Crippen LogP contribution >= 0.6 is 0 Å². The van der Waals surface area contributed by atoms with Crippen LogP contribution in [-0.2, 0) is 16.1 Å². The fourth-order valence-corrected chi connectivity index (χ4v) is 3.77. The molecule has 0 aliphatic carbocycles. The van der Waals surface area contributed by atoms with Gasteiger partial charge in [-0.3, -0.25) is 9.59 Å². The number of hydrogen-bond acceptors (Lipinski definition) is 3. The van der Waals surface area contributed by atoms with Crippen molar-refractivity contribution in [3.63, 3.8) is 0 Å². The summed E-state index contributed by atoms with van der Waals surface area (Å²) >= 11 is 0. The number of anilines is 1. The zero-order valence-electron chi connectivity index (χ0n) is 17.9. The fourth-order valence-electron chi connectivity index (χ4n) is 3.77. The number of hydrogen-bond donors (Lipinski definition) is 1. The molecule has 0 saturated heterocycles. The number of nitrogens with one attached hydrogen (secondary N) is 1. The van der Waals surface area contributed by atoms with Crippen molar-refractivity contribution in [2.24, 2.45) is 5.92 Å². The second-order valence-electron chi connectivity index (χ2n) is 8.25. The number of amides is 2. The van der Waals surface area contributed by atoms with Gasteiger partial charge >= 0.3 is 0 Å². The zero-order valence-corrected chi connectivity index (χ0v) is 17.9. The highest BCUT2D eigenvalue weighted by atomic mass is 16.5. The summed E-state index contributed by atoms with van der Waals surface area (Å²) in [4.78, 5) is 26.6. The van der Waals surface area contributed by atoms with Gasteiger partial charge in [0.2, 0.25) is 5.91 Å². The molecule has 2 aromatic carbocycles. The van der Waals surface area contributed by atoms with Crippen molar-refractivity contribution in [2.45, 2.75) is 53.6 Å². The number of fused-ring (bicyclic) bond motifs is 1. The van der Waals surface area contributed by atoms with Crippen molar-refractivity contribution in [2.75, 3.05) is 11.5 Å². The number of nitrogens with zero attached hydrogens (tertiary/aromatic N) is 1. The van der Waals surface area contributed by atoms with Crippen LogP contribution in [0.25, 0.3) is 0 Å². The van der Waals surface area contributed by atoms with E-state index in [1.165, 1.54) is 6.92 Å². The van der Waals surface area contributed by atoms with E-state index in [4.69, 9.17) is 4.74 Å². The van der Waals surface area contributed by atoms with Gasteiger partial charge in [-0.25, -0.2) is 0 Å². The van der Waals surface area contributed by atoms with Crippen LogP contribution in [-0.4, -0.2) is 18.4 Å². The van der Waals surface area contributed by atoms with Gasteiger partial charge in [-0.1, -0.05) is 43.7 Å². The van der Waals surface area contributed by atoms with E-state index in [1.54, 1.807) is 4.90 Å². The van der Waals surface area contributed by atoms with Crippen molar-refractivity contribution in [1.82, 2.24) is 5.32 Å². The van der Waals surface area contributed by atoms with Crippen LogP contribution < -0.4 is 15.0 Å². The molecule has 154 valence electrons. The summed E-state index contributed by atoms with van der Waals surface area (Å²) in [5.41, 5.74) is 4.90. The van der Waals surface area contributed by atoms with Crippen LogP contribution in [0.4, 0.5) is 5.69 Å². The highest BCUT2D eigenvalue weighted by Gasteiger charge is 2.38. The lowest BCUT2D eigenvalue weighted by molar-refractivity contribution is -0.126. The minimum Gasteiger partial charge on any atom is -0.494 e. The number of benzene rings is 2. The molecule has 1 unspecified atom stereocenters. The maximum atomic E-state index is 13.1. The molecule has 0 spiro atoms. The largest absolute Gasteiger partial charge is 0.494 e. The van der Waals surface area contributed by atoms with E-state index >= 15 is 0 Å². The molecule has 0 bridgehead atoms. The SMILES string of the molecule is CC(=O)NC1C(=O)N(Cc2ccc(OCCC(C)C)cc2)c2c(C)cc(C)cc21. The first-order valence-electron chi connectivity index (χ1n) is 10.2. The molecule has 5 heteroatoms. The second-order valence-corrected chi connectivity index (χ2v) is 8.25. The zero-order chi connectivity index (χ0) is 21.1. The van der Waals surface area contributed by atoms with E-state index in [-0.39, 0.29) is 11.8 Å². The van der Waals surface area contributed by atoms with Gasteiger partial charge in [0.15, 0.2) is 0 Å². The maximum Gasteiger partial charge on any atom is 0.254 e. The highest BCUT2D eigenvalue weighted by Crippen LogP contribution is 2.40. The normalized spacial score (nSPS) is 15.6. The first-order valence-corrected chi connectivity index (χ1v) is 10.2. The average molecular weight is 395 g/mol. The Kier molecular flexibility index (Phi) is 6.26. The minimum atomic E-state index is -0.625. The summed E-state index contributed by atoms with van der Waals surface area (Å²) in [6.45, 7) is 11.0. The molecule has 29 heavy (non-hydrogen) atoms. The highest BCUT2D eigenvalue weighted by molar-refractivity contribution is 6.06. The lowest BCUT2D eigenvalue weighted by atomic mass is 10.0. The summed E-state index contributed by atoms with van der Waals surface area (Å²) in [5.74, 6) is 1.14. The van der Waals surface area contributed by atoms with Crippen molar-refractivity contribution >= 4 is 17.5 Å². The maximum absolute atomic E-state index is 13.1. The summed E-state index contributed by atoms with van der Waals surface area (Å²) in [7, 11) is 0. The molecule has 2 amide bonds. The molecule has 1 aliphatic heterocycles. The van der Waals surface area contributed by atoms with E-state index in [0.717, 1.165) is 40.1 Å². The van der Waals surface area contributed by atoms with Gasteiger partial charge in [0.1, 0.15) is 11.8 Å². The Hall–Kier alpha value is -2.82. The number of rotatable bonds is 7. The molecule has 1 aliphatic rings. The lowest BCUT2D eigenvalue weighted by Crippen LogP contribution is -2.36. The van der Waals surface area contributed by atoms with E-state index in [1.807, 2.05) is 44.2 Å². The third kappa shape index (κ3) is 4.78. The van der Waals surface area contributed by atoms with Gasteiger partial charge in [0.25, 0.3) is 5.91 Å². The number of carbonyl (C=O) groups is 2. The Morgan fingerprint density at radius 1 is 1.17 bits per heavy atom. The van der Waals surface area contributed by atoms with E-state index in [9.17, 15) is 9.59 Å². The number of carbonyl (C=O) groups excluding carboxylic acids is 2. The molecule has 1 heterocycles. The molecule has 0 aromatic heterocycles. The Labute approximate surface area is 173 Å². The molecule has 0 saturated carbocycles. The van der Waals surface area contributed by atoms with Crippen molar-refractivity contribution in [3.05, 3.63) is 58.7 Å². The third-order valence-corrected chi connectivity index (χ3v) is 5.14. The van der Waals surface area contributed by atoms with Crippen LogP contribution in [0.1, 0.15) is 55.5 Å². The predicted octanol–water partition coefficient (Wildman–Crippen LogP) is 4.45. The molecular weight excluding hydrogens is 364 g/mol. The molecule has 1 atom stereocenters. The van der Waals surface area contributed by atoms with E-state index in [0.29, 0.717) is 19.1 Å². The fraction of sp³-hybridized carbons (Fsp3) is 0.417. The van der Waals surface area contributed by atoms with Gasteiger partial charge in [0.05, 0.1) is 18.8 Å². The minimum absolute atomic E-state index is 0.0961. The average Bonchev–Trinajstić information content (AvgIpc) is 2.88. The second kappa shape index (κ2) is 8.68. The quantitative estimate of drug-likeness (QED) is 0.755. The van der Waals surface area contributed by atoms with Crippen LogP contribution in [0.2, 0.25) is 0 Å². The van der Waals surface area contributed by atoms with Crippen molar-refractivity contribution in [3.8, 4) is 5.75 Å². The Morgan fingerprint density at radius 2 is 1.86 bits per heavy atom. The topological polar surface area (TPSA) is 58.6 Å². The molecule has 3 rings (SSSR count). The summed E-state index contributed by atoms with van der Waals surface area (Å²) in [5, 5.41) is 2.81. The molecule has 0 radical (unpaired) electrons. The van der Waals surface area contributed by atoms with Crippen LogP contribution in [0.3, 0.4) is 0 Å². The predicted molar refractivity (Wildman–Crippen MR) is 115 cm³/mol. The molecular formula is C24H30N2O3. The Balaban J connectivity index is 1.80. The summed E-state index contributed by atoms with van der Waals surface area (Å²) in [6, 6.07) is 11.3. The molecule has 5 nitrogen and oxygen atoms in total. The molecule has 1 N–H and O–H groups in total. The smallest absolute Gasteiger partial charge is 0.254 e. The third-order valence-electron chi connectivity index (χ3n) is 5.14. The van der Waals surface area contributed by atoms with Gasteiger partial charge in [-0.15, -0.1) is 0 Å². The van der Waals surface area contributed by atoms with Crippen LogP contribution in [0.5, 0.6) is 5.75 Å². The number of ether oxygens (including phenoxy) is 1. The molecule has 0 fully saturated rings. The first kappa shape index (κ1) is 20.9. The van der Waals surface area contributed by atoms with Gasteiger partial charge in [0, 0.05) is 12.5 Å². The Bertz CT molecular complexity index is 903. The van der Waals surface area contributed by atoms with E-state index in [2.05, 4.69) is 25.2 Å². The van der Waals surface area contributed by atoms with Gasteiger partial charge in [-0.05, 0) is 49.4 Å². The number of aryl methyl sites for hydroxylation is 2. The molecule has 2 aromatic rings. The summed E-state index contributed by atoms with van der Waals surface area (Å²) in [6.07, 6.45) is 1.02.